The van der Waals surface area contributed by atoms with Crippen LogP contribution in [0, 0.1) is 0 Å². The monoisotopic (exact) mass is 352 g/mol. The van der Waals surface area contributed by atoms with Crippen LogP contribution in [0.2, 0.25) is 0 Å². The van der Waals surface area contributed by atoms with E-state index < -0.39 is 30.1 Å². The van der Waals surface area contributed by atoms with E-state index in [2.05, 4.69) is 19.9 Å². The van der Waals surface area contributed by atoms with Crippen LogP contribution in [-0.2, 0) is 9.47 Å². The molecule has 2 aromatic rings. The van der Waals surface area contributed by atoms with E-state index in [9.17, 15) is 15.0 Å². The van der Waals surface area contributed by atoms with Gasteiger partial charge in [-0.3, -0.25) is 14.3 Å². The van der Waals surface area contributed by atoms with Crippen LogP contribution in [0.5, 0.6) is 0 Å². The number of ether oxygens (including phenoxy) is 2. The number of nitrogens with zero attached hydrogens (tertiary/aromatic N) is 5. The lowest BCUT2D eigenvalue weighted by molar-refractivity contribution is -0.0583. The zero-order chi connectivity index (χ0) is 18.1. The molecular weight excluding hydrogens is 332 g/mol. The van der Waals surface area contributed by atoms with E-state index in [1.54, 1.807) is 19.0 Å². The Bertz CT molecular complexity index is 831. The second-order valence-corrected chi connectivity index (χ2v) is 5.86. The van der Waals surface area contributed by atoms with Crippen LogP contribution in [0.3, 0.4) is 0 Å². The van der Waals surface area contributed by atoms with Crippen molar-refractivity contribution >= 4 is 23.5 Å². The summed E-state index contributed by atoms with van der Waals surface area (Å²) in [6.07, 6.45) is -0.478. The van der Waals surface area contributed by atoms with E-state index >= 15 is 0 Å². The van der Waals surface area contributed by atoms with Gasteiger partial charge in [0.1, 0.15) is 18.3 Å². The maximum atomic E-state index is 12.2. The van der Waals surface area contributed by atoms with Gasteiger partial charge in [-0.05, 0) is 0 Å². The summed E-state index contributed by atoms with van der Waals surface area (Å²) in [6.45, 7) is -0.365. The number of aliphatic hydroxyl groups is 2. The van der Waals surface area contributed by atoms with E-state index in [-0.39, 0.29) is 23.7 Å². The minimum Gasteiger partial charge on any atom is -0.394 e. The Labute approximate surface area is 142 Å². The Morgan fingerprint density at radius 2 is 2.32 bits per heavy atom. The molecule has 3 N–H and O–H groups in total. The van der Waals surface area contributed by atoms with Crippen molar-refractivity contribution in [1.82, 2.24) is 24.4 Å². The first-order valence-corrected chi connectivity index (χ1v) is 7.61. The largest absolute Gasteiger partial charge is 0.394 e. The number of nitrogens with one attached hydrogen (secondary N) is 1. The fourth-order valence-corrected chi connectivity index (χ4v) is 2.68. The lowest BCUT2D eigenvalue weighted by atomic mass is 10.1. The predicted octanol–water partition coefficient (Wildman–Crippen LogP) is -1.39. The molecule has 1 saturated heterocycles. The molecule has 0 saturated carbocycles. The van der Waals surface area contributed by atoms with Gasteiger partial charge in [0.05, 0.1) is 19.3 Å². The summed E-state index contributed by atoms with van der Waals surface area (Å²) in [5, 5.41) is 19.5. The highest BCUT2D eigenvalue weighted by molar-refractivity contribution is 5.71. The molecule has 0 aromatic carbocycles. The number of methoxy groups -OCH3 is 1. The average molecular weight is 352 g/mol. The Hall–Kier alpha value is -2.34. The Balaban J connectivity index is 2.06. The quantitative estimate of drug-likeness (QED) is 0.441. The fourth-order valence-electron chi connectivity index (χ4n) is 2.68. The number of aromatic nitrogens is 4. The van der Waals surface area contributed by atoms with Crippen LogP contribution in [0.1, 0.15) is 6.23 Å². The lowest BCUT2D eigenvalue weighted by Crippen LogP contribution is -2.34. The molecule has 11 nitrogen and oxygen atoms in total. The molecule has 136 valence electrons. The van der Waals surface area contributed by atoms with Gasteiger partial charge in [-0.15, -0.1) is 0 Å². The first kappa shape index (κ1) is 17.5. The van der Waals surface area contributed by atoms with Gasteiger partial charge in [-0.1, -0.05) is 0 Å². The van der Waals surface area contributed by atoms with E-state index in [0.29, 0.717) is 0 Å². The molecule has 1 aliphatic heterocycles. The zero-order valence-electron chi connectivity index (χ0n) is 14.0. The van der Waals surface area contributed by atoms with Gasteiger partial charge >= 0.3 is 0 Å². The number of H-pyrrole nitrogens is 1. The van der Waals surface area contributed by atoms with Crippen molar-refractivity contribution < 1.29 is 19.7 Å². The van der Waals surface area contributed by atoms with Gasteiger partial charge in [-0.2, -0.15) is 4.98 Å². The van der Waals surface area contributed by atoms with Gasteiger partial charge in [-0.25, -0.2) is 9.98 Å². The zero-order valence-corrected chi connectivity index (χ0v) is 14.0. The molecule has 1 fully saturated rings. The third-order valence-electron chi connectivity index (χ3n) is 3.87. The van der Waals surface area contributed by atoms with Crippen molar-refractivity contribution in [3.8, 4) is 0 Å². The van der Waals surface area contributed by atoms with Crippen molar-refractivity contribution in [3.05, 3.63) is 16.7 Å². The van der Waals surface area contributed by atoms with Crippen molar-refractivity contribution in [3.63, 3.8) is 0 Å². The van der Waals surface area contributed by atoms with Crippen LogP contribution in [0.15, 0.2) is 16.1 Å². The number of rotatable bonds is 5. The molecule has 25 heavy (non-hydrogen) atoms. The highest BCUT2D eigenvalue weighted by atomic mass is 16.6. The first-order valence-electron chi connectivity index (χ1n) is 7.61. The second-order valence-electron chi connectivity index (χ2n) is 5.86. The number of fused-ring (bicyclic) bond motifs is 1. The SMILES string of the molecule is CO[C@@H]1[C@H](O)[C@@H](CO)O[C@H]1n1cnc2c(=O)[nH]c(/N=C/N(C)C)nc21. The number of aliphatic imine (C=N–C) groups is 1. The van der Waals surface area contributed by atoms with Gasteiger partial charge in [0.15, 0.2) is 17.4 Å². The lowest BCUT2D eigenvalue weighted by Gasteiger charge is -2.19. The third kappa shape index (κ3) is 3.14. The standard InChI is InChI=1S/C14H20N6O5/c1-19(2)5-16-14-17-11-8(12(23)18-14)15-6-20(11)13-10(24-3)9(22)7(4-21)25-13/h5-7,9-10,13,21-22H,4H2,1-3H3,(H,17,18,23)/b16-5+/t7-,9-,10-,13-/m1/s1. The second kappa shape index (κ2) is 6.88. The Kier molecular flexibility index (Phi) is 4.81. The van der Waals surface area contributed by atoms with Gasteiger partial charge in [0.25, 0.3) is 5.56 Å². The molecule has 2 aromatic heterocycles. The van der Waals surface area contributed by atoms with Crippen molar-refractivity contribution in [1.29, 1.82) is 0 Å². The summed E-state index contributed by atoms with van der Waals surface area (Å²) in [5.41, 5.74) is -0.0856. The normalized spacial score (nSPS) is 26.8. The maximum absolute atomic E-state index is 12.2. The summed E-state index contributed by atoms with van der Waals surface area (Å²) < 4.78 is 12.4. The summed E-state index contributed by atoms with van der Waals surface area (Å²) in [6, 6.07) is 0. The average Bonchev–Trinajstić information content (AvgIpc) is 3.13. The first-order chi connectivity index (χ1) is 12.0. The van der Waals surface area contributed by atoms with E-state index in [1.807, 2.05) is 0 Å². The molecule has 0 bridgehead atoms. The van der Waals surface area contributed by atoms with Crippen LogP contribution in [-0.4, -0.2) is 87.1 Å². The van der Waals surface area contributed by atoms with Crippen LogP contribution in [0.4, 0.5) is 5.95 Å². The predicted molar refractivity (Wildman–Crippen MR) is 87.8 cm³/mol. The number of aliphatic hydroxyl groups excluding tert-OH is 2. The number of hydrogen-bond acceptors (Lipinski definition) is 8. The van der Waals surface area contributed by atoms with Crippen LogP contribution in [0.25, 0.3) is 11.2 Å². The smallest absolute Gasteiger partial charge is 0.280 e. The van der Waals surface area contributed by atoms with E-state index in [0.717, 1.165) is 0 Å². The Morgan fingerprint density at radius 1 is 1.56 bits per heavy atom. The Morgan fingerprint density at radius 3 is 2.96 bits per heavy atom. The summed E-state index contributed by atoms with van der Waals surface area (Å²) in [7, 11) is 5.00. The molecular formula is C14H20N6O5. The molecule has 11 heteroatoms. The molecule has 0 aliphatic carbocycles. The number of aromatic amines is 1. The maximum Gasteiger partial charge on any atom is 0.280 e. The molecule has 4 atom stereocenters. The molecule has 1 aliphatic rings. The van der Waals surface area contributed by atoms with Crippen LogP contribution < -0.4 is 5.56 Å². The summed E-state index contributed by atoms with van der Waals surface area (Å²) in [4.78, 5) is 28.9. The molecule has 0 radical (unpaired) electrons. The summed E-state index contributed by atoms with van der Waals surface area (Å²) >= 11 is 0. The third-order valence-corrected chi connectivity index (χ3v) is 3.87. The molecule has 0 unspecified atom stereocenters. The van der Waals surface area contributed by atoms with Crippen molar-refractivity contribution in [2.24, 2.45) is 4.99 Å². The topological polar surface area (TPSA) is 138 Å². The molecule has 3 heterocycles. The van der Waals surface area contributed by atoms with Crippen LogP contribution >= 0.6 is 0 Å². The summed E-state index contributed by atoms with van der Waals surface area (Å²) in [5.74, 6) is 0.110. The highest BCUT2D eigenvalue weighted by Crippen LogP contribution is 2.32. The number of hydrogen-bond donors (Lipinski definition) is 3. The fraction of sp³-hybridized carbons (Fsp3) is 0.571. The van der Waals surface area contributed by atoms with Crippen molar-refractivity contribution in [2.75, 3.05) is 27.8 Å². The molecule has 0 amide bonds. The van der Waals surface area contributed by atoms with Gasteiger partial charge < -0.3 is 24.6 Å². The molecule has 3 rings (SSSR count). The van der Waals surface area contributed by atoms with E-state index in [4.69, 9.17) is 9.47 Å². The number of imidazole rings is 1. The van der Waals surface area contributed by atoms with E-state index in [1.165, 1.54) is 24.3 Å². The molecule has 0 spiro atoms. The van der Waals surface area contributed by atoms with Gasteiger partial charge in [0, 0.05) is 21.2 Å². The highest BCUT2D eigenvalue weighted by Gasteiger charge is 2.45. The minimum atomic E-state index is -1.02. The van der Waals surface area contributed by atoms with Gasteiger partial charge in [0.2, 0.25) is 5.95 Å². The van der Waals surface area contributed by atoms with Crippen molar-refractivity contribution in [2.45, 2.75) is 24.5 Å². The minimum absolute atomic E-state index is 0.110.